The number of esters is 1. The standard InChI is InChI=1S/C19H23Cl2F3N2O4/c1-18(2,30-17(29)19(22,23)24)9-15(28)26-5-3-10(4-6-26)16(25)11-7-12(20)13(21)8-14(11)27/h7-8,10,16,27H,3-6,9,25H2,1-2H3. The molecule has 3 N–H and O–H groups in total. The van der Waals surface area contributed by atoms with E-state index in [0.29, 0.717) is 31.5 Å². The molecule has 1 aromatic rings. The second kappa shape index (κ2) is 9.20. The topological polar surface area (TPSA) is 92.9 Å². The van der Waals surface area contributed by atoms with E-state index in [1.165, 1.54) is 30.9 Å². The monoisotopic (exact) mass is 470 g/mol. The molecule has 1 heterocycles. The summed E-state index contributed by atoms with van der Waals surface area (Å²) in [5, 5.41) is 10.6. The predicted molar refractivity (Wildman–Crippen MR) is 105 cm³/mol. The SMILES string of the molecule is CC(C)(CC(=O)N1CCC(C(N)c2cc(Cl)c(Cl)cc2O)CC1)OC(=O)C(F)(F)F. The number of alkyl halides is 3. The maximum atomic E-state index is 12.5. The molecule has 0 saturated carbocycles. The van der Waals surface area contributed by atoms with E-state index in [0.717, 1.165) is 0 Å². The van der Waals surface area contributed by atoms with Gasteiger partial charge in [0.2, 0.25) is 5.91 Å². The van der Waals surface area contributed by atoms with Crippen LogP contribution in [-0.4, -0.2) is 46.7 Å². The Bertz CT molecular complexity index is 810. The molecule has 11 heteroatoms. The Kier molecular flexibility index (Phi) is 7.53. The number of ether oxygens (including phenoxy) is 1. The van der Waals surface area contributed by atoms with Gasteiger partial charge in [0.05, 0.1) is 16.5 Å². The van der Waals surface area contributed by atoms with Crippen molar-refractivity contribution in [1.29, 1.82) is 0 Å². The molecular weight excluding hydrogens is 448 g/mol. The van der Waals surface area contributed by atoms with Gasteiger partial charge in [0.1, 0.15) is 11.4 Å². The Morgan fingerprint density at radius 2 is 1.77 bits per heavy atom. The van der Waals surface area contributed by atoms with Gasteiger partial charge in [-0.3, -0.25) is 4.79 Å². The number of nitrogens with two attached hydrogens (primary N) is 1. The highest BCUT2D eigenvalue weighted by atomic mass is 35.5. The lowest BCUT2D eigenvalue weighted by Gasteiger charge is -2.36. The highest BCUT2D eigenvalue weighted by Gasteiger charge is 2.44. The summed E-state index contributed by atoms with van der Waals surface area (Å²) in [5.74, 6) is -2.86. The number of piperidine rings is 1. The van der Waals surface area contributed by atoms with E-state index in [1.54, 1.807) is 0 Å². The fourth-order valence-electron chi connectivity index (χ4n) is 3.40. The minimum Gasteiger partial charge on any atom is -0.508 e. The van der Waals surface area contributed by atoms with Crippen molar-refractivity contribution in [2.45, 2.75) is 50.9 Å². The van der Waals surface area contributed by atoms with Gasteiger partial charge in [0.25, 0.3) is 0 Å². The van der Waals surface area contributed by atoms with Crippen LogP contribution in [0.5, 0.6) is 5.75 Å². The molecule has 1 amide bonds. The lowest BCUT2D eigenvalue weighted by atomic mass is 9.85. The molecule has 1 aliphatic heterocycles. The predicted octanol–water partition coefficient (Wildman–Crippen LogP) is 4.21. The van der Waals surface area contributed by atoms with E-state index in [4.69, 9.17) is 28.9 Å². The van der Waals surface area contributed by atoms with Crippen LogP contribution in [-0.2, 0) is 14.3 Å². The summed E-state index contributed by atoms with van der Waals surface area (Å²) >= 11 is 11.9. The third kappa shape index (κ3) is 6.15. The molecule has 1 aromatic carbocycles. The van der Waals surface area contributed by atoms with Gasteiger partial charge in [-0.25, -0.2) is 4.79 Å². The average molecular weight is 471 g/mol. The number of hydrogen-bond acceptors (Lipinski definition) is 5. The van der Waals surface area contributed by atoms with Crippen molar-refractivity contribution in [1.82, 2.24) is 4.90 Å². The summed E-state index contributed by atoms with van der Waals surface area (Å²) in [6.45, 7) is 3.18. The van der Waals surface area contributed by atoms with Crippen LogP contribution in [0, 0.1) is 5.92 Å². The number of nitrogens with zero attached hydrogens (tertiary/aromatic N) is 1. The zero-order chi connectivity index (χ0) is 22.9. The normalized spacial score (nSPS) is 17.0. The first-order valence-corrected chi connectivity index (χ1v) is 9.98. The molecule has 1 fully saturated rings. The van der Waals surface area contributed by atoms with Crippen LogP contribution >= 0.6 is 23.2 Å². The third-order valence-electron chi connectivity index (χ3n) is 5.01. The van der Waals surface area contributed by atoms with Crippen molar-refractivity contribution >= 4 is 35.1 Å². The number of rotatable bonds is 5. The Balaban J connectivity index is 1.94. The van der Waals surface area contributed by atoms with Crippen LogP contribution in [0.1, 0.15) is 44.7 Å². The molecule has 168 valence electrons. The first kappa shape index (κ1) is 24.6. The summed E-state index contributed by atoms with van der Waals surface area (Å²) in [6, 6.07) is 2.31. The number of benzene rings is 1. The van der Waals surface area contributed by atoms with Crippen LogP contribution in [0.15, 0.2) is 12.1 Å². The Morgan fingerprint density at radius 3 is 2.30 bits per heavy atom. The Hall–Kier alpha value is -1.71. The summed E-state index contributed by atoms with van der Waals surface area (Å²) in [6.07, 6.45) is -4.45. The number of carbonyl (C=O) groups is 2. The molecule has 1 aliphatic rings. The fraction of sp³-hybridized carbons (Fsp3) is 0.579. The van der Waals surface area contributed by atoms with E-state index in [1.807, 2.05) is 0 Å². The molecule has 6 nitrogen and oxygen atoms in total. The zero-order valence-corrected chi connectivity index (χ0v) is 17.9. The zero-order valence-electron chi connectivity index (χ0n) is 16.4. The quantitative estimate of drug-likeness (QED) is 0.628. The molecule has 0 aliphatic carbocycles. The molecule has 0 aromatic heterocycles. The van der Waals surface area contributed by atoms with Gasteiger partial charge in [0, 0.05) is 30.8 Å². The molecule has 0 spiro atoms. The highest BCUT2D eigenvalue weighted by molar-refractivity contribution is 6.42. The van der Waals surface area contributed by atoms with Crippen molar-refractivity contribution in [3.05, 3.63) is 27.7 Å². The Morgan fingerprint density at radius 1 is 1.23 bits per heavy atom. The number of carbonyl (C=O) groups excluding carboxylic acids is 2. The maximum Gasteiger partial charge on any atom is 0.490 e. The van der Waals surface area contributed by atoms with Crippen molar-refractivity contribution < 1.29 is 32.6 Å². The van der Waals surface area contributed by atoms with E-state index in [9.17, 15) is 27.9 Å². The van der Waals surface area contributed by atoms with Gasteiger partial charge >= 0.3 is 12.1 Å². The smallest absolute Gasteiger partial charge is 0.490 e. The second-order valence-corrected chi connectivity index (χ2v) is 8.71. The van der Waals surface area contributed by atoms with Crippen LogP contribution in [0.25, 0.3) is 0 Å². The molecular formula is C19H23Cl2F3N2O4. The number of aromatic hydroxyl groups is 1. The van der Waals surface area contributed by atoms with E-state index >= 15 is 0 Å². The minimum atomic E-state index is -5.12. The summed E-state index contributed by atoms with van der Waals surface area (Å²) < 4.78 is 41.6. The number of phenolic OH excluding ortho intramolecular Hbond substituents is 1. The van der Waals surface area contributed by atoms with Crippen LogP contribution < -0.4 is 5.73 Å². The second-order valence-electron chi connectivity index (χ2n) is 7.89. The van der Waals surface area contributed by atoms with Crippen molar-refractivity contribution in [3.8, 4) is 5.75 Å². The largest absolute Gasteiger partial charge is 0.508 e. The molecule has 0 bridgehead atoms. The molecule has 1 unspecified atom stereocenters. The lowest BCUT2D eigenvalue weighted by molar-refractivity contribution is -0.212. The highest BCUT2D eigenvalue weighted by Crippen LogP contribution is 2.38. The lowest BCUT2D eigenvalue weighted by Crippen LogP contribution is -2.45. The summed E-state index contributed by atoms with van der Waals surface area (Å²) in [4.78, 5) is 25.0. The number of hydrogen-bond donors (Lipinski definition) is 2. The van der Waals surface area contributed by atoms with Crippen molar-refractivity contribution in [3.63, 3.8) is 0 Å². The molecule has 2 rings (SSSR count). The number of amides is 1. The average Bonchev–Trinajstić information content (AvgIpc) is 2.62. The molecule has 1 atom stereocenters. The summed E-state index contributed by atoms with van der Waals surface area (Å²) in [7, 11) is 0. The van der Waals surface area contributed by atoms with Crippen molar-refractivity contribution in [2.75, 3.05) is 13.1 Å². The van der Waals surface area contributed by atoms with Gasteiger partial charge in [-0.15, -0.1) is 0 Å². The van der Waals surface area contributed by atoms with Crippen LogP contribution in [0.4, 0.5) is 13.2 Å². The Labute approximate surface area is 182 Å². The van der Waals surface area contributed by atoms with E-state index in [-0.39, 0.29) is 28.1 Å². The van der Waals surface area contributed by atoms with Gasteiger partial charge in [-0.05, 0) is 38.7 Å². The van der Waals surface area contributed by atoms with Gasteiger partial charge in [-0.1, -0.05) is 23.2 Å². The minimum absolute atomic E-state index is 0.0479. The first-order chi connectivity index (χ1) is 13.7. The van der Waals surface area contributed by atoms with Gasteiger partial charge in [0.15, 0.2) is 0 Å². The van der Waals surface area contributed by atoms with Crippen LogP contribution in [0.2, 0.25) is 10.0 Å². The number of phenols is 1. The van der Waals surface area contributed by atoms with Gasteiger partial charge < -0.3 is 20.5 Å². The molecule has 30 heavy (non-hydrogen) atoms. The molecule has 0 radical (unpaired) electrons. The maximum absolute atomic E-state index is 12.5. The van der Waals surface area contributed by atoms with Gasteiger partial charge in [-0.2, -0.15) is 13.2 Å². The third-order valence-corrected chi connectivity index (χ3v) is 5.73. The van der Waals surface area contributed by atoms with Crippen LogP contribution in [0.3, 0.4) is 0 Å². The summed E-state index contributed by atoms with van der Waals surface area (Å²) in [5.41, 5.74) is 5.14. The van der Waals surface area contributed by atoms with Crippen molar-refractivity contribution in [2.24, 2.45) is 11.7 Å². The fourth-order valence-corrected chi connectivity index (χ4v) is 3.73. The van der Waals surface area contributed by atoms with E-state index < -0.39 is 29.7 Å². The first-order valence-electron chi connectivity index (χ1n) is 9.22. The van der Waals surface area contributed by atoms with E-state index in [2.05, 4.69) is 4.74 Å². The number of likely N-dealkylation sites (tertiary alicyclic amines) is 1. The molecule has 1 saturated heterocycles. The number of halogens is 5.